The van der Waals surface area contributed by atoms with Crippen molar-refractivity contribution in [3.8, 4) is 0 Å². The Morgan fingerprint density at radius 2 is 1.88 bits per heavy atom. The first-order valence-corrected chi connectivity index (χ1v) is 6.50. The maximum atomic E-state index is 6.00. The fourth-order valence-corrected chi connectivity index (χ4v) is 2.33. The van der Waals surface area contributed by atoms with E-state index in [1.54, 1.807) is 12.2 Å². The van der Waals surface area contributed by atoms with Gasteiger partial charge in [0.05, 0.1) is 0 Å². The van der Waals surface area contributed by atoms with Crippen molar-refractivity contribution in [3.05, 3.63) is 35.9 Å². The van der Waals surface area contributed by atoms with E-state index in [0.29, 0.717) is 5.03 Å². The highest BCUT2D eigenvalue weighted by Crippen LogP contribution is 2.22. The molecular weight excluding hydrogens is 218 g/mol. The van der Waals surface area contributed by atoms with E-state index >= 15 is 0 Å². The van der Waals surface area contributed by atoms with Crippen molar-refractivity contribution in [1.29, 1.82) is 0 Å². The van der Waals surface area contributed by atoms with Crippen LogP contribution in [0.1, 0.15) is 32.1 Å². The first-order valence-electron chi connectivity index (χ1n) is 6.12. The molecule has 0 bridgehead atoms. The number of allylic oxidation sites excluding steroid dienone is 2. The highest BCUT2D eigenvalue weighted by Gasteiger charge is 2.12. The molecule has 0 amide bonds. The van der Waals surface area contributed by atoms with E-state index < -0.39 is 0 Å². The van der Waals surface area contributed by atoms with Crippen LogP contribution in [0.2, 0.25) is 0 Å². The molecule has 1 aliphatic rings. The van der Waals surface area contributed by atoms with Gasteiger partial charge in [-0.2, -0.15) is 0 Å². The molecule has 0 aliphatic heterocycles. The second-order valence-electron chi connectivity index (χ2n) is 4.42. The van der Waals surface area contributed by atoms with Crippen LogP contribution in [0.5, 0.6) is 0 Å². The van der Waals surface area contributed by atoms with Gasteiger partial charge >= 0.3 is 0 Å². The lowest BCUT2D eigenvalue weighted by atomic mass is 9.89. The van der Waals surface area contributed by atoms with E-state index in [0.717, 1.165) is 24.6 Å². The van der Waals surface area contributed by atoms with Crippen LogP contribution in [0.25, 0.3) is 0 Å². The Morgan fingerprint density at radius 3 is 2.44 bits per heavy atom. The predicted octanol–water partition coefficient (Wildman–Crippen LogP) is 4.02. The zero-order chi connectivity index (χ0) is 11.8. The highest BCUT2D eigenvalue weighted by atomic mass is 35.5. The minimum atomic E-state index is 0.700. The second-order valence-corrected chi connectivity index (χ2v) is 4.82. The SMILES string of the molecule is C=C/C(Cl)=C(\C=C)CNCC1CCCCC1. The minimum Gasteiger partial charge on any atom is -0.312 e. The Labute approximate surface area is 104 Å². The fourth-order valence-electron chi connectivity index (χ4n) is 2.19. The molecule has 1 saturated carbocycles. The molecule has 1 N–H and O–H groups in total. The summed E-state index contributed by atoms with van der Waals surface area (Å²) >= 11 is 6.00. The lowest BCUT2D eigenvalue weighted by Gasteiger charge is -2.22. The van der Waals surface area contributed by atoms with Gasteiger partial charge < -0.3 is 5.32 Å². The van der Waals surface area contributed by atoms with E-state index in [9.17, 15) is 0 Å². The molecular formula is C14H22ClN. The average molecular weight is 240 g/mol. The Morgan fingerprint density at radius 1 is 1.19 bits per heavy atom. The van der Waals surface area contributed by atoms with Crippen molar-refractivity contribution in [1.82, 2.24) is 5.32 Å². The van der Waals surface area contributed by atoms with Crippen LogP contribution in [-0.4, -0.2) is 13.1 Å². The minimum absolute atomic E-state index is 0.700. The van der Waals surface area contributed by atoms with Crippen LogP contribution in [0.15, 0.2) is 35.9 Å². The Bertz CT molecular complexity index is 262. The van der Waals surface area contributed by atoms with Crippen molar-refractivity contribution in [2.24, 2.45) is 5.92 Å². The normalized spacial score (nSPS) is 19.1. The van der Waals surface area contributed by atoms with Gasteiger partial charge in [-0.3, -0.25) is 0 Å². The van der Waals surface area contributed by atoms with Crippen molar-refractivity contribution < 1.29 is 0 Å². The van der Waals surface area contributed by atoms with Gasteiger partial charge in [0.15, 0.2) is 0 Å². The molecule has 16 heavy (non-hydrogen) atoms. The quantitative estimate of drug-likeness (QED) is 0.691. The molecule has 1 fully saturated rings. The second kappa shape index (κ2) is 7.70. The average Bonchev–Trinajstić information content (AvgIpc) is 2.35. The van der Waals surface area contributed by atoms with Crippen LogP contribution in [0.3, 0.4) is 0 Å². The molecule has 0 aromatic heterocycles. The summed E-state index contributed by atoms with van der Waals surface area (Å²) in [5.41, 5.74) is 1.03. The van der Waals surface area contributed by atoms with Crippen molar-refractivity contribution >= 4 is 11.6 Å². The van der Waals surface area contributed by atoms with E-state index in [-0.39, 0.29) is 0 Å². The maximum Gasteiger partial charge on any atom is 0.0444 e. The topological polar surface area (TPSA) is 12.0 Å². The predicted molar refractivity (Wildman–Crippen MR) is 72.7 cm³/mol. The van der Waals surface area contributed by atoms with Gasteiger partial charge in [-0.15, -0.1) is 0 Å². The fraction of sp³-hybridized carbons (Fsp3) is 0.571. The molecule has 0 aromatic rings. The summed E-state index contributed by atoms with van der Waals surface area (Å²) in [5, 5.41) is 4.16. The number of nitrogens with one attached hydrogen (secondary N) is 1. The first kappa shape index (κ1) is 13.5. The smallest absolute Gasteiger partial charge is 0.0444 e. The zero-order valence-corrected chi connectivity index (χ0v) is 10.7. The summed E-state index contributed by atoms with van der Waals surface area (Å²) in [6.45, 7) is 9.32. The zero-order valence-electron chi connectivity index (χ0n) is 9.97. The lowest BCUT2D eigenvalue weighted by Crippen LogP contribution is -2.26. The summed E-state index contributed by atoms with van der Waals surface area (Å²) < 4.78 is 0. The molecule has 0 radical (unpaired) electrons. The standard InChI is InChI=1S/C14H22ClN/c1-3-13(14(15)4-2)11-16-10-12-8-6-5-7-9-12/h3-4,12,16H,1-2,5-11H2/b14-13-. The maximum absolute atomic E-state index is 6.00. The third-order valence-electron chi connectivity index (χ3n) is 3.21. The summed E-state index contributed by atoms with van der Waals surface area (Å²) in [5.74, 6) is 0.849. The van der Waals surface area contributed by atoms with Crippen LogP contribution in [0.4, 0.5) is 0 Å². The summed E-state index contributed by atoms with van der Waals surface area (Å²) in [6, 6.07) is 0. The Balaban J connectivity index is 2.27. The van der Waals surface area contributed by atoms with Gasteiger partial charge in [0.2, 0.25) is 0 Å². The van der Waals surface area contributed by atoms with Crippen LogP contribution < -0.4 is 5.32 Å². The van der Waals surface area contributed by atoms with Gasteiger partial charge in [0.1, 0.15) is 0 Å². The Hall–Kier alpha value is -0.530. The van der Waals surface area contributed by atoms with E-state index in [4.69, 9.17) is 11.6 Å². The molecule has 0 unspecified atom stereocenters. The number of rotatable bonds is 6. The van der Waals surface area contributed by atoms with Gasteiger partial charge in [-0.25, -0.2) is 0 Å². The molecule has 0 aromatic carbocycles. The molecule has 0 atom stereocenters. The van der Waals surface area contributed by atoms with Crippen molar-refractivity contribution in [2.45, 2.75) is 32.1 Å². The molecule has 0 heterocycles. The van der Waals surface area contributed by atoms with Gasteiger partial charge in [-0.1, -0.05) is 56.2 Å². The molecule has 1 rings (SSSR count). The molecule has 0 saturated heterocycles. The summed E-state index contributed by atoms with van der Waals surface area (Å²) in [6.07, 6.45) is 10.4. The monoisotopic (exact) mass is 239 g/mol. The van der Waals surface area contributed by atoms with Gasteiger partial charge in [0, 0.05) is 11.6 Å². The summed E-state index contributed by atoms with van der Waals surface area (Å²) in [7, 11) is 0. The van der Waals surface area contributed by atoms with Crippen LogP contribution in [-0.2, 0) is 0 Å². The van der Waals surface area contributed by atoms with Crippen LogP contribution in [0, 0.1) is 5.92 Å². The third kappa shape index (κ3) is 4.54. The van der Waals surface area contributed by atoms with Crippen molar-refractivity contribution in [3.63, 3.8) is 0 Å². The largest absolute Gasteiger partial charge is 0.312 e. The third-order valence-corrected chi connectivity index (χ3v) is 3.60. The highest BCUT2D eigenvalue weighted by molar-refractivity contribution is 6.31. The Kier molecular flexibility index (Phi) is 6.51. The molecule has 1 nitrogen and oxygen atoms in total. The number of hydrogen-bond donors (Lipinski definition) is 1. The van der Waals surface area contributed by atoms with Gasteiger partial charge in [0.25, 0.3) is 0 Å². The molecule has 2 heteroatoms. The first-order chi connectivity index (χ1) is 7.77. The number of hydrogen-bond acceptors (Lipinski definition) is 1. The summed E-state index contributed by atoms with van der Waals surface area (Å²) in [4.78, 5) is 0. The number of halogens is 1. The molecule has 1 aliphatic carbocycles. The van der Waals surface area contributed by atoms with E-state index in [2.05, 4.69) is 18.5 Å². The molecule has 0 spiro atoms. The van der Waals surface area contributed by atoms with E-state index in [1.807, 2.05) is 0 Å². The molecule has 90 valence electrons. The van der Waals surface area contributed by atoms with Crippen LogP contribution >= 0.6 is 11.6 Å². The van der Waals surface area contributed by atoms with Gasteiger partial charge in [-0.05, 0) is 30.9 Å². The van der Waals surface area contributed by atoms with Crippen molar-refractivity contribution in [2.75, 3.05) is 13.1 Å². The van der Waals surface area contributed by atoms with E-state index in [1.165, 1.54) is 32.1 Å². The lowest BCUT2D eigenvalue weighted by molar-refractivity contribution is 0.346.